The Balaban J connectivity index is 1.79. The van der Waals surface area contributed by atoms with Gasteiger partial charge in [-0.3, -0.25) is 4.79 Å². The molecule has 1 saturated heterocycles. The molecule has 0 spiro atoms. The number of likely N-dealkylation sites (tertiary alicyclic amines) is 1. The van der Waals surface area contributed by atoms with Crippen LogP contribution in [0.4, 0.5) is 0 Å². The second-order valence-electron chi connectivity index (χ2n) is 7.79. The number of pyridine rings is 1. The Morgan fingerprint density at radius 2 is 2.07 bits per heavy atom. The third kappa shape index (κ3) is 3.47. The number of nitrogens with zero attached hydrogens (tertiary/aromatic N) is 2. The molecule has 3 heterocycles. The number of nitrogens with two attached hydrogens (primary N) is 1. The largest absolute Gasteiger partial charge is 0.338 e. The van der Waals surface area contributed by atoms with E-state index in [1.54, 1.807) is 0 Å². The smallest absolute Gasteiger partial charge is 0.254 e. The number of halogens is 1. The van der Waals surface area contributed by atoms with Gasteiger partial charge in [0.15, 0.2) is 0 Å². The number of benzene rings is 1. The molecule has 0 bridgehead atoms. The standard InChI is InChI=1S/C21H22ClN3OS/c1-21(2)12-25(10-9-18(21)23)20(26)14-11-16(17-7-8-19(22)27-17)24-15-6-4-3-5-13(14)15/h3-8,11,18H,9-10,12,23H2,1-2H3. The number of rotatable bonds is 2. The lowest BCUT2D eigenvalue weighted by molar-refractivity contribution is 0.0535. The number of para-hydroxylation sites is 1. The zero-order chi connectivity index (χ0) is 19.2. The Morgan fingerprint density at radius 1 is 1.30 bits per heavy atom. The summed E-state index contributed by atoms with van der Waals surface area (Å²) in [5.74, 6) is 0.0393. The molecule has 1 fully saturated rings. The quantitative estimate of drug-likeness (QED) is 0.672. The van der Waals surface area contributed by atoms with Crippen molar-refractivity contribution in [2.45, 2.75) is 26.3 Å². The first-order valence-electron chi connectivity index (χ1n) is 9.05. The number of carbonyl (C=O) groups excluding carboxylic acids is 1. The van der Waals surface area contributed by atoms with Gasteiger partial charge in [-0.15, -0.1) is 11.3 Å². The summed E-state index contributed by atoms with van der Waals surface area (Å²) in [6, 6.07) is 13.6. The molecule has 1 atom stereocenters. The minimum Gasteiger partial charge on any atom is -0.338 e. The van der Waals surface area contributed by atoms with Gasteiger partial charge < -0.3 is 10.6 Å². The van der Waals surface area contributed by atoms with E-state index in [2.05, 4.69) is 13.8 Å². The summed E-state index contributed by atoms with van der Waals surface area (Å²) >= 11 is 7.57. The lowest BCUT2D eigenvalue weighted by Gasteiger charge is -2.42. The Kier molecular flexibility index (Phi) is 4.70. The van der Waals surface area contributed by atoms with Crippen molar-refractivity contribution in [3.63, 3.8) is 0 Å². The van der Waals surface area contributed by atoms with Crippen LogP contribution in [0.1, 0.15) is 30.6 Å². The van der Waals surface area contributed by atoms with Crippen molar-refractivity contribution in [3.8, 4) is 10.6 Å². The molecule has 3 aromatic rings. The molecule has 1 aromatic carbocycles. The monoisotopic (exact) mass is 399 g/mol. The molecule has 140 valence electrons. The number of hydrogen-bond donors (Lipinski definition) is 1. The van der Waals surface area contributed by atoms with Gasteiger partial charge in [0, 0.05) is 24.5 Å². The van der Waals surface area contributed by atoms with Crippen molar-refractivity contribution in [1.29, 1.82) is 0 Å². The van der Waals surface area contributed by atoms with E-state index in [-0.39, 0.29) is 17.4 Å². The highest BCUT2D eigenvalue weighted by molar-refractivity contribution is 7.19. The van der Waals surface area contributed by atoms with E-state index in [0.29, 0.717) is 23.0 Å². The van der Waals surface area contributed by atoms with Crippen LogP contribution in [0.25, 0.3) is 21.5 Å². The van der Waals surface area contributed by atoms with Crippen LogP contribution < -0.4 is 5.73 Å². The van der Waals surface area contributed by atoms with E-state index in [9.17, 15) is 4.79 Å². The number of carbonyl (C=O) groups is 1. The van der Waals surface area contributed by atoms with Gasteiger partial charge in [-0.05, 0) is 36.1 Å². The number of aromatic nitrogens is 1. The first-order valence-corrected chi connectivity index (χ1v) is 10.2. The van der Waals surface area contributed by atoms with E-state index in [4.69, 9.17) is 22.3 Å². The minimum atomic E-state index is -0.0964. The summed E-state index contributed by atoms with van der Waals surface area (Å²) in [4.78, 5) is 21.1. The zero-order valence-electron chi connectivity index (χ0n) is 15.4. The van der Waals surface area contributed by atoms with Crippen LogP contribution in [0.15, 0.2) is 42.5 Å². The Morgan fingerprint density at radius 3 is 2.78 bits per heavy atom. The van der Waals surface area contributed by atoms with Gasteiger partial charge in [-0.25, -0.2) is 4.98 Å². The van der Waals surface area contributed by atoms with Crippen molar-refractivity contribution in [2.75, 3.05) is 13.1 Å². The van der Waals surface area contributed by atoms with Crippen molar-refractivity contribution >= 4 is 39.7 Å². The molecule has 2 aromatic heterocycles. The third-order valence-electron chi connectivity index (χ3n) is 5.37. The van der Waals surface area contributed by atoms with Crippen LogP contribution in [0.2, 0.25) is 4.34 Å². The van der Waals surface area contributed by atoms with Gasteiger partial charge in [0.1, 0.15) is 0 Å². The van der Waals surface area contributed by atoms with Gasteiger partial charge in [-0.1, -0.05) is 43.6 Å². The Labute approximate surface area is 168 Å². The van der Waals surface area contributed by atoms with Crippen LogP contribution in [0.3, 0.4) is 0 Å². The average molecular weight is 400 g/mol. The van der Waals surface area contributed by atoms with Crippen molar-refractivity contribution in [3.05, 3.63) is 52.4 Å². The molecule has 1 aliphatic rings. The van der Waals surface area contributed by atoms with Crippen LogP contribution >= 0.6 is 22.9 Å². The maximum absolute atomic E-state index is 13.4. The van der Waals surface area contributed by atoms with Crippen LogP contribution in [-0.4, -0.2) is 34.9 Å². The topological polar surface area (TPSA) is 59.2 Å². The predicted octanol–water partition coefficient (Wildman–Crippen LogP) is 4.82. The summed E-state index contributed by atoms with van der Waals surface area (Å²) in [6.07, 6.45) is 0.815. The molecule has 6 heteroatoms. The predicted molar refractivity (Wildman–Crippen MR) is 112 cm³/mol. The number of thiophene rings is 1. The molecular weight excluding hydrogens is 378 g/mol. The molecule has 1 aliphatic heterocycles. The van der Waals surface area contributed by atoms with E-state index in [1.807, 2.05) is 47.4 Å². The Bertz CT molecular complexity index is 1010. The van der Waals surface area contributed by atoms with Crippen molar-refractivity contribution in [1.82, 2.24) is 9.88 Å². The fraction of sp³-hybridized carbons (Fsp3) is 0.333. The fourth-order valence-electron chi connectivity index (χ4n) is 3.65. The summed E-state index contributed by atoms with van der Waals surface area (Å²) < 4.78 is 0.708. The molecule has 1 unspecified atom stereocenters. The van der Waals surface area contributed by atoms with E-state index < -0.39 is 0 Å². The zero-order valence-corrected chi connectivity index (χ0v) is 17.0. The normalized spacial score (nSPS) is 19.4. The minimum absolute atomic E-state index is 0.0393. The number of amides is 1. The number of hydrogen-bond acceptors (Lipinski definition) is 4. The molecule has 0 radical (unpaired) electrons. The molecule has 27 heavy (non-hydrogen) atoms. The van der Waals surface area contributed by atoms with E-state index in [1.165, 1.54) is 11.3 Å². The molecule has 4 nitrogen and oxygen atoms in total. The van der Waals surface area contributed by atoms with Gasteiger partial charge in [0.2, 0.25) is 0 Å². The number of fused-ring (bicyclic) bond motifs is 1. The molecule has 4 rings (SSSR count). The van der Waals surface area contributed by atoms with Gasteiger partial charge >= 0.3 is 0 Å². The van der Waals surface area contributed by atoms with Gasteiger partial charge in [-0.2, -0.15) is 0 Å². The maximum Gasteiger partial charge on any atom is 0.254 e. The molecule has 0 aliphatic carbocycles. The highest BCUT2D eigenvalue weighted by Gasteiger charge is 2.36. The van der Waals surface area contributed by atoms with Crippen LogP contribution in [-0.2, 0) is 0 Å². The van der Waals surface area contributed by atoms with Gasteiger partial charge in [0.05, 0.1) is 26.0 Å². The SMILES string of the molecule is CC1(C)CN(C(=O)c2cc(-c3ccc(Cl)s3)nc3ccccc23)CCC1N. The third-order valence-corrected chi connectivity index (χ3v) is 6.63. The van der Waals surface area contributed by atoms with Gasteiger partial charge in [0.25, 0.3) is 5.91 Å². The van der Waals surface area contributed by atoms with E-state index in [0.717, 1.165) is 27.9 Å². The highest BCUT2D eigenvalue weighted by Crippen LogP contribution is 2.34. The summed E-state index contributed by atoms with van der Waals surface area (Å²) in [7, 11) is 0. The molecular formula is C21H22ClN3OS. The maximum atomic E-state index is 13.4. The summed E-state index contributed by atoms with van der Waals surface area (Å²) in [6.45, 7) is 5.59. The molecule has 0 saturated carbocycles. The van der Waals surface area contributed by atoms with E-state index >= 15 is 0 Å². The first kappa shape index (κ1) is 18.4. The Hall–Kier alpha value is -1.95. The lowest BCUT2D eigenvalue weighted by Crippen LogP contribution is -2.54. The number of piperidine rings is 1. The second-order valence-corrected chi connectivity index (χ2v) is 9.50. The van der Waals surface area contributed by atoms with Crippen molar-refractivity contribution < 1.29 is 4.79 Å². The lowest BCUT2D eigenvalue weighted by atomic mass is 9.79. The second kappa shape index (κ2) is 6.89. The summed E-state index contributed by atoms with van der Waals surface area (Å²) in [5.41, 5.74) is 8.43. The molecule has 2 N–H and O–H groups in total. The van der Waals surface area contributed by atoms with Crippen LogP contribution in [0, 0.1) is 5.41 Å². The average Bonchev–Trinajstić information content (AvgIpc) is 3.09. The summed E-state index contributed by atoms with van der Waals surface area (Å²) in [5, 5.41) is 0.876. The first-order chi connectivity index (χ1) is 12.8. The molecule has 1 amide bonds. The van der Waals surface area contributed by atoms with Crippen LogP contribution in [0.5, 0.6) is 0 Å². The van der Waals surface area contributed by atoms with Crippen molar-refractivity contribution in [2.24, 2.45) is 11.1 Å². The fourth-order valence-corrected chi connectivity index (χ4v) is 4.65. The highest BCUT2D eigenvalue weighted by atomic mass is 35.5.